The molecular weight excluding hydrogens is 354 g/mol. The van der Waals surface area contributed by atoms with Gasteiger partial charge in [-0.1, -0.05) is 41.5 Å². The summed E-state index contributed by atoms with van der Waals surface area (Å²) in [7, 11) is 0. The van der Waals surface area contributed by atoms with Crippen molar-refractivity contribution in [3.8, 4) is 0 Å². The number of rotatable bonds is 6. The maximum Gasteiger partial charge on any atom is 0.310 e. The van der Waals surface area contributed by atoms with Gasteiger partial charge >= 0.3 is 5.97 Å². The summed E-state index contributed by atoms with van der Waals surface area (Å²) in [6.45, 7) is 7.35. The van der Waals surface area contributed by atoms with Crippen LogP contribution in [0.2, 0.25) is 0 Å². The first kappa shape index (κ1) is 21.1. The third-order valence-corrected chi connectivity index (χ3v) is 4.21. The van der Waals surface area contributed by atoms with Gasteiger partial charge in [-0.25, -0.2) is 4.90 Å². The van der Waals surface area contributed by atoms with Crippen molar-refractivity contribution >= 4 is 23.5 Å². The van der Waals surface area contributed by atoms with Gasteiger partial charge in [0.2, 0.25) is 0 Å². The van der Waals surface area contributed by atoms with Crippen molar-refractivity contribution in [3.63, 3.8) is 0 Å². The molecular formula is C23H25NO4. The lowest BCUT2D eigenvalue weighted by atomic mass is 10.0. The highest BCUT2D eigenvalue weighted by Crippen LogP contribution is 2.23. The van der Waals surface area contributed by atoms with Crippen LogP contribution >= 0.6 is 0 Å². The molecule has 28 heavy (non-hydrogen) atoms. The second-order valence-electron chi connectivity index (χ2n) is 6.61. The zero-order chi connectivity index (χ0) is 20.7. The van der Waals surface area contributed by atoms with E-state index in [0.717, 1.165) is 10.5 Å². The first-order valence-electron chi connectivity index (χ1n) is 9.17. The van der Waals surface area contributed by atoms with E-state index in [9.17, 15) is 14.4 Å². The summed E-state index contributed by atoms with van der Waals surface area (Å²) in [4.78, 5) is 39.7. The van der Waals surface area contributed by atoms with Gasteiger partial charge in [0.05, 0.1) is 18.7 Å². The Kier molecular flexibility index (Phi) is 7.27. The van der Waals surface area contributed by atoms with Crippen LogP contribution in [-0.4, -0.2) is 24.4 Å². The van der Waals surface area contributed by atoms with Gasteiger partial charge in [0.15, 0.2) is 0 Å². The Balaban J connectivity index is 2.49. The number of carbonyl (C=O) groups is 3. The molecule has 2 aromatic rings. The second kappa shape index (κ2) is 9.65. The summed E-state index contributed by atoms with van der Waals surface area (Å²) in [6.07, 6.45) is -0.181. The third kappa shape index (κ3) is 5.16. The van der Waals surface area contributed by atoms with Crippen LogP contribution in [-0.2, 0) is 14.3 Å². The van der Waals surface area contributed by atoms with Gasteiger partial charge in [0.1, 0.15) is 0 Å². The number of anilines is 1. The SMILES string of the molecule is CCOC(=O)CC(C(=O)N(C(=O)c1ccccc1)c1ccc(C)cc1)=C(C)C. The Morgan fingerprint density at radius 1 is 0.929 bits per heavy atom. The van der Waals surface area contributed by atoms with Gasteiger partial charge in [-0.15, -0.1) is 0 Å². The lowest BCUT2D eigenvalue weighted by Crippen LogP contribution is -2.39. The molecule has 2 aromatic carbocycles. The predicted octanol–water partition coefficient (Wildman–Crippen LogP) is 4.46. The number of esters is 1. The molecule has 0 heterocycles. The van der Waals surface area contributed by atoms with Gasteiger partial charge in [0.25, 0.3) is 11.8 Å². The maximum atomic E-state index is 13.4. The normalized spacial score (nSPS) is 10.1. The van der Waals surface area contributed by atoms with E-state index in [0.29, 0.717) is 16.8 Å². The minimum atomic E-state index is -0.522. The summed E-state index contributed by atoms with van der Waals surface area (Å²) >= 11 is 0. The van der Waals surface area contributed by atoms with Crippen LogP contribution in [0.5, 0.6) is 0 Å². The molecule has 0 aliphatic rings. The molecule has 0 radical (unpaired) electrons. The molecule has 5 heteroatoms. The van der Waals surface area contributed by atoms with E-state index < -0.39 is 17.8 Å². The van der Waals surface area contributed by atoms with E-state index in [-0.39, 0.29) is 18.6 Å². The molecule has 0 spiro atoms. The van der Waals surface area contributed by atoms with Crippen molar-refractivity contribution < 1.29 is 19.1 Å². The monoisotopic (exact) mass is 379 g/mol. The molecule has 0 fully saturated rings. The number of ether oxygens (including phenoxy) is 1. The molecule has 146 valence electrons. The average Bonchev–Trinajstić information content (AvgIpc) is 2.68. The van der Waals surface area contributed by atoms with E-state index >= 15 is 0 Å². The van der Waals surface area contributed by atoms with Crippen molar-refractivity contribution in [2.45, 2.75) is 34.1 Å². The van der Waals surface area contributed by atoms with Crippen molar-refractivity contribution in [2.75, 3.05) is 11.5 Å². The molecule has 0 aliphatic heterocycles. The summed E-state index contributed by atoms with van der Waals surface area (Å²) in [6, 6.07) is 15.7. The van der Waals surface area contributed by atoms with Crippen LogP contribution in [0.3, 0.4) is 0 Å². The van der Waals surface area contributed by atoms with Crippen LogP contribution < -0.4 is 4.90 Å². The Labute approximate surface area is 165 Å². The van der Waals surface area contributed by atoms with Crippen molar-refractivity contribution in [1.82, 2.24) is 0 Å². The van der Waals surface area contributed by atoms with Crippen molar-refractivity contribution in [1.29, 1.82) is 0 Å². The van der Waals surface area contributed by atoms with Gasteiger partial charge in [-0.3, -0.25) is 14.4 Å². The van der Waals surface area contributed by atoms with Crippen LogP contribution in [0.25, 0.3) is 0 Å². The minimum Gasteiger partial charge on any atom is -0.466 e. The number of aryl methyl sites for hydroxylation is 1. The number of hydrogen-bond donors (Lipinski definition) is 0. The topological polar surface area (TPSA) is 63.7 Å². The Morgan fingerprint density at radius 2 is 1.54 bits per heavy atom. The molecule has 0 saturated heterocycles. The van der Waals surface area contributed by atoms with Gasteiger partial charge in [-0.05, 0) is 52.0 Å². The van der Waals surface area contributed by atoms with Gasteiger partial charge in [0, 0.05) is 11.1 Å². The van der Waals surface area contributed by atoms with E-state index in [2.05, 4.69) is 0 Å². The highest BCUT2D eigenvalue weighted by Gasteiger charge is 2.29. The Hall–Kier alpha value is -3.21. The van der Waals surface area contributed by atoms with E-state index in [4.69, 9.17) is 4.74 Å². The molecule has 0 saturated carbocycles. The first-order chi connectivity index (χ1) is 13.3. The van der Waals surface area contributed by atoms with Gasteiger partial charge in [-0.2, -0.15) is 0 Å². The van der Waals surface area contributed by atoms with Crippen LogP contribution in [0, 0.1) is 6.92 Å². The highest BCUT2D eigenvalue weighted by molar-refractivity contribution is 6.26. The number of allylic oxidation sites excluding steroid dienone is 1. The third-order valence-electron chi connectivity index (χ3n) is 4.21. The standard InChI is InChI=1S/C23H25NO4/c1-5-28-21(25)15-20(16(2)3)23(27)24(19-13-11-17(4)12-14-19)22(26)18-9-7-6-8-10-18/h6-14H,5,15H2,1-4H3. The summed E-state index contributed by atoms with van der Waals surface area (Å²) < 4.78 is 4.99. The number of amides is 2. The zero-order valence-electron chi connectivity index (χ0n) is 16.7. The molecule has 0 aromatic heterocycles. The first-order valence-corrected chi connectivity index (χ1v) is 9.17. The number of nitrogens with zero attached hydrogens (tertiary/aromatic N) is 1. The fourth-order valence-corrected chi connectivity index (χ4v) is 2.69. The predicted molar refractivity (Wildman–Crippen MR) is 109 cm³/mol. The molecule has 0 bridgehead atoms. The lowest BCUT2D eigenvalue weighted by Gasteiger charge is -2.23. The molecule has 0 unspecified atom stereocenters. The quantitative estimate of drug-likeness (QED) is 0.549. The van der Waals surface area contributed by atoms with E-state index in [1.54, 1.807) is 63.2 Å². The fourth-order valence-electron chi connectivity index (χ4n) is 2.69. The molecule has 0 atom stereocenters. The minimum absolute atomic E-state index is 0.181. The summed E-state index contributed by atoms with van der Waals surface area (Å²) in [5, 5.41) is 0. The number of imide groups is 1. The van der Waals surface area contributed by atoms with Crippen molar-refractivity contribution in [2.24, 2.45) is 0 Å². The molecule has 0 aliphatic carbocycles. The van der Waals surface area contributed by atoms with Crippen LogP contribution in [0.1, 0.15) is 43.1 Å². The van der Waals surface area contributed by atoms with E-state index in [1.165, 1.54) is 0 Å². The van der Waals surface area contributed by atoms with Crippen LogP contribution in [0.15, 0.2) is 65.7 Å². The molecule has 2 rings (SSSR count). The summed E-state index contributed by atoms with van der Waals surface area (Å²) in [5.41, 5.74) is 2.77. The second-order valence-corrected chi connectivity index (χ2v) is 6.61. The molecule has 5 nitrogen and oxygen atoms in total. The number of hydrogen-bond acceptors (Lipinski definition) is 4. The lowest BCUT2D eigenvalue weighted by molar-refractivity contribution is -0.142. The Bertz CT molecular complexity index is 879. The smallest absolute Gasteiger partial charge is 0.310 e. The zero-order valence-corrected chi connectivity index (χ0v) is 16.7. The van der Waals surface area contributed by atoms with Crippen LogP contribution in [0.4, 0.5) is 5.69 Å². The maximum absolute atomic E-state index is 13.4. The Morgan fingerprint density at radius 3 is 2.07 bits per heavy atom. The van der Waals surface area contributed by atoms with Gasteiger partial charge < -0.3 is 4.74 Å². The highest BCUT2D eigenvalue weighted by atomic mass is 16.5. The van der Waals surface area contributed by atoms with E-state index in [1.807, 2.05) is 19.1 Å². The molecule has 2 amide bonds. The fraction of sp³-hybridized carbons (Fsp3) is 0.261. The average molecular weight is 379 g/mol. The summed E-state index contributed by atoms with van der Waals surface area (Å²) in [5.74, 6) is -1.47. The molecule has 0 N–H and O–H groups in total. The van der Waals surface area contributed by atoms with Crippen molar-refractivity contribution in [3.05, 3.63) is 76.9 Å². The largest absolute Gasteiger partial charge is 0.466 e. The number of carbonyl (C=O) groups excluding carboxylic acids is 3. The number of benzene rings is 2.